The molecule has 0 amide bonds. The molecule has 1 nitrogen and oxygen atoms in total. The summed E-state index contributed by atoms with van der Waals surface area (Å²) < 4.78 is 0.990. The molecule has 0 heterocycles. The Balaban J connectivity index is 0.000000671. The number of hydrogen-bond donors (Lipinski definition) is 0. The first-order chi connectivity index (χ1) is 6.08. The highest BCUT2D eigenvalue weighted by Crippen LogP contribution is 2.04. The van der Waals surface area contributed by atoms with Crippen LogP contribution in [0.25, 0.3) is 0 Å². The average molecular weight is 180 g/mol. The lowest BCUT2D eigenvalue weighted by molar-refractivity contribution is -0.884. The summed E-state index contributed by atoms with van der Waals surface area (Å²) >= 11 is 0. The summed E-state index contributed by atoms with van der Waals surface area (Å²) in [5.74, 6) is 0. The van der Waals surface area contributed by atoms with Crippen molar-refractivity contribution in [2.75, 3.05) is 21.1 Å². The van der Waals surface area contributed by atoms with Crippen molar-refractivity contribution in [3.8, 4) is 0 Å². The first-order valence-electron chi connectivity index (χ1n) is 4.92. The molecule has 1 aromatic rings. The third-order valence-electron chi connectivity index (χ3n) is 1.50. The quantitative estimate of drug-likeness (QED) is 0.614. The van der Waals surface area contributed by atoms with Crippen LogP contribution in [0.3, 0.4) is 0 Å². The van der Waals surface area contributed by atoms with Gasteiger partial charge in [-0.2, -0.15) is 0 Å². The van der Waals surface area contributed by atoms with E-state index in [0.29, 0.717) is 0 Å². The van der Waals surface area contributed by atoms with E-state index < -0.39 is 0 Å². The van der Waals surface area contributed by atoms with Gasteiger partial charge in [0.15, 0.2) is 0 Å². The van der Waals surface area contributed by atoms with Crippen molar-refractivity contribution >= 4 is 0 Å². The number of quaternary nitrogens is 1. The van der Waals surface area contributed by atoms with Crippen LogP contribution in [0.2, 0.25) is 0 Å². The van der Waals surface area contributed by atoms with E-state index >= 15 is 0 Å². The molecule has 0 aromatic heterocycles. The molecule has 0 bridgehead atoms. The Hall–Kier alpha value is -0.820. The van der Waals surface area contributed by atoms with E-state index in [4.69, 9.17) is 0 Å². The van der Waals surface area contributed by atoms with Gasteiger partial charge in [-0.3, -0.25) is 0 Å². The summed E-state index contributed by atoms with van der Waals surface area (Å²) in [7, 11) is 6.60. The van der Waals surface area contributed by atoms with Crippen LogP contribution in [-0.2, 0) is 6.54 Å². The van der Waals surface area contributed by atoms with Gasteiger partial charge in [0.2, 0.25) is 0 Å². The maximum atomic E-state index is 2.20. The van der Waals surface area contributed by atoms with Gasteiger partial charge in [0.1, 0.15) is 6.54 Å². The van der Waals surface area contributed by atoms with E-state index in [2.05, 4.69) is 51.5 Å². The van der Waals surface area contributed by atoms with Gasteiger partial charge in [0.25, 0.3) is 0 Å². The number of benzene rings is 1. The molecular formula is C12H22N+. The molecule has 1 aromatic carbocycles. The van der Waals surface area contributed by atoms with Gasteiger partial charge >= 0.3 is 0 Å². The summed E-state index contributed by atoms with van der Waals surface area (Å²) in [5.41, 5.74) is 1.40. The smallest absolute Gasteiger partial charge is 0.104 e. The van der Waals surface area contributed by atoms with Gasteiger partial charge in [-0.05, 0) is 0 Å². The van der Waals surface area contributed by atoms with Crippen LogP contribution in [0.4, 0.5) is 0 Å². The largest absolute Gasteiger partial charge is 0.327 e. The van der Waals surface area contributed by atoms with Crippen LogP contribution < -0.4 is 0 Å². The van der Waals surface area contributed by atoms with E-state index in [1.807, 2.05) is 13.8 Å². The molecule has 0 aliphatic rings. The number of hydrogen-bond acceptors (Lipinski definition) is 0. The lowest BCUT2D eigenvalue weighted by atomic mass is 10.2. The van der Waals surface area contributed by atoms with Crippen LogP contribution in [-0.4, -0.2) is 25.6 Å². The van der Waals surface area contributed by atoms with Crippen molar-refractivity contribution in [3.63, 3.8) is 0 Å². The summed E-state index contributed by atoms with van der Waals surface area (Å²) in [6.07, 6.45) is 0. The Morgan fingerprint density at radius 3 is 1.77 bits per heavy atom. The number of rotatable bonds is 2. The molecule has 0 saturated carbocycles. The molecule has 0 radical (unpaired) electrons. The monoisotopic (exact) mass is 180 g/mol. The highest BCUT2D eigenvalue weighted by Gasteiger charge is 2.06. The van der Waals surface area contributed by atoms with Crippen molar-refractivity contribution in [2.24, 2.45) is 0 Å². The first kappa shape index (κ1) is 12.2. The van der Waals surface area contributed by atoms with Gasteiger partial charge in [-0.1, -0.05) is 44.2 Å². The minimum absolute atomic E-state index is 0.990. The van der Waals surface area contributed by atoms with Gasteiger partial charge in [-0.25, -0.2) is 0 Å². The topological polar surface area (TPSA) is 0 Å². The van der Waals surface area contributed by atoms with Crippen LogP contribution in [0.15, 0.2) is 30.3 Å². The fraction of sp³-hybridized carbons (Fsp3) is 0.500. The second kappa shape index (κ2) is 5.76. The third kappa shape index (κ3) is 6.35. The second-order valence-corrected chi connectivity index (χ2v) is 3.93. The molecule has 0 spiro atoms. The Morgan fingerprint density at radius 1 is 0.923 bits per heavy atom. The zero-order valence-electron chi connectivity index (χ0n) is 9.54. The van der Waals surface area contributed by atoms with Crippen LogP contribution in [0.5, 0.6) is 0 Å². The van der Waals surface area contributed by atoms with Crippen LogP contribution in [0.1, 0.15) is 19.4 Å². The third-order valence-corrected chi connectivity index (χ3v) is 1.50. The molecule has 74 valence electrons. The molecule has 0 aliphatic heterocycles. The number of nitrogens with zero attached hydrogens (tertiary/aromatic N) is 1. The maximum absolute atomic E-state index is 2.20. The molecule has 0 unspecified atom stereocenters. The van der Waals surface area contributed by atoms with Gasteiger partial charge in [0.05, 0.1) is 21.1 Å². The minimum atomic E-state index is 0.990. The standard InChI is InChI=1S/C10H16N.C2H6/c1-11(2,3)9-10-7-5-4-6-8-10;1-2/h4-8H,9H2,1-3H3;1-2H3/q+1;. The van der Waals surface area contributed by atoms with E-state index in [0.717, 1.165) is 11.0 Å². The summed E-state index contributed by atoms with van der Waals surface area (Å²) in [6.45, 7) is 5.10. The Labute approximate surface area is 82.6 Å². The summed E-state index contributed by atoms with van der Waals surface area (Å²) in [5, 5.41) is 0. The van der Waals surface area contributed by atoms with Crippen molar-refractivity contribution in [2.45, 2.75) is 20.4 Å². The zero-order chi connectivity index (χ0) is 10.3. The summed E-state index contributed by atoms with van der Waals surface area (Å²) in [6, 6.07) is 10.6. The van der Waals surface area contributed by atoms with Gasteiger partial charge < -0.3 is 4.48 Å². The molecule has 0 N–H and O–H groups in total. The maximum Gasteiger partial charge on any atom is 0.104 e. The predicted octanol–water partition coefficient (Wildman–Crippen LogP) is 2.92. The predicted molar refractivity (Wildman–Crippen MR) is 59.5 cm³/mol. The second-order valence-electron chi connectivity index (χ2n) is 3.93. The summed E-state index contributed by atoms with van der Waals surface area (Å²) in [4.78, 5) is 0. The first-order valence-corrected chi connectivity index (χ1v) is 4.92. The molecule has 1 heteroatoms. The zero-order valence-corrected chi connectivity index (χ0v) is 9.54. The lowest BCUT2D eigenvalue weighted by Crippen LogP contribution is -2.33. The minimum Gasteiger partial charge on any atom is -0.327 e. The van der Waals surface area contributed by atoms with Gasteiger partial charge in [0, 0.05) is 5.56 Å². The molecule has 1 rings (SSSR count). The Morgan fingerprint density at radius 2 is 1.38 bits per heavy atom. The van der Waals surface area contributed by atoms with Crippen LogP contribution in [0, 0.1) is 0 Å². The van der Waals surface area contributed by atoms with Crippen molar-refractivity contribution in [3.05, 3.63) is 35.9 Å². The lowest BCUT2D eigenvalue weighted by Gasteiger charge is -2.23. The molecule has 0 aliphatic carbocycles. The van der Waals surface area contributed by atoms with Crippen molar-refractivity contribution in [1.82, 2.24) is 0 Å². The Bertz CT molecular complexity index is 208. The van der Waals surface area contributed by atoms with Crippen LogP contribution >= 0.6 is 0 Å². The molecular weight excluding hydrogens is 158 g/mol. The van der Waals surface area contributed by atoms with E-state index in [-0.39, 0.29) is 0 Å². The fourth-order valence-corrected chi connectivity index (χ4v) is 1.13. The molecule has 0 fully saturated rings. The Kier molecular flexibility index (Phi) is 5.40. The van der Waals surface area contributed by atoms with Gasteiger partial charge in [-0.15, -0.1) is 0 Å². The average Bonchev–Trinajstić information content (AvgIpc) is 2.07. The molecule has 0 atom stereocenters. The fourth-order valence-electron chi connectivity index (χ4n) is 1.13. The van der Waals surface area contributed by atoms with Crippen molar-refractivity contribution in [1.29, 1.82) is 0 Å². The van der Waals surface area contributed by atoms with E-state index in [1.165, 1.54) is 5.56 Å². The SMILES string of the molecule is CC.C[N+](C)(C)Cc1ccccc1. The normalized spacial score (nSPS) is 10.2. The van der Waals surface area contributed by atoms with Crippen molar-refractivity contribution < 1.29 is 4.48 Å². The highest BCUT2D eigenvalue weighted by atomic mass is 15.3. The van der Waals surface area contributed by atoms with E-state index in [1.54, 1.807) is 0 Å². The molecule has 13 heavy (non-hydrogen) atoms. The van der Waals surface area contributed by atoms with E-state index in [9.17, 15) is 0 Å². The molecule has 0 saturated heterocycles. The highest BCUT2D eigenvalue weighted by molar-refractivity contribution is 5.13.